The van der Waals surface area contributed by atoms with Crippen LogP contribution in [0.1, 0.15) is 23.2 Å². The van der Waals surface area contributed by atoms with Gasteiger partial charge in [0.25, 0.3) is 5.91 Å². The Morgan fingerprint density at radius 2 is 2.26 bits per heavy atom. The summed E-state index contributed by atoms with van der Waals surface area (Å²) in [7, 11) is 0. The number of furan rings is 1. The van der Waals surface area contributed by atoms with Gasteiger partial charge >= 0.3 is 0 Å². The van der Waals surface area contributed by atoms with Gasteiger partial charge in [-0.05, 0) is 43.0 Å². The fourth-order valence-electron chi connectivity index (χ4n) is 3.37. The molecule has 0 radical (unpaired) electrons. The normalized spacial score (nSPS) is 28.9. The second-order valence-corrected chi connectivity index (χ2v) is 5.59. The predicted octanol–water partition coefficient (Wildman–Crippen LogP) is 1.91. The third-order valence-corrected chi connectivity index (χ3v) is 4.39. The van der Waals surface area contributed by atoms with Gasteiger partial charge in [0.05, 0.1) is 6.26 Å². The van der Waals surface area contributed by atoms with E-state index in [-0.39, 0.29) is 5.91 Å². The molecule has 98 valence electrons. The molecule has 1 saturated heterocycles. The molecule has 3 atom stereocenters. The summed E-state index contributed by atoms with van der Waals surface area (Å²) in [5.41, 5.74) is 1.53. The van der Waals surface area contributed by atoms with Crippen LogP contribution in [0.25, 0.3) is 11.0 Å². The van der Waals surface area contributed by atoms with Crippen molar-refractivity contribution in [3.8, 4) is 0 Å². The van der Waals surface area contributed by atoms with E-state index in [9.17, 15) is 4.79 Å². The molecule has 1 aromatic carbocycles. The number of rotatable bonds is 2. The maximum Gasteiger partial charge on any atom is 0.251 e. The largest absolute Gasteiger partial charge is 0.464 e. The molecule has 4 heteroatoms. The molecule has 2 N–H and O–H groups in total. The quantitative estimate of drug-likeness (QED) is 0.863. The molecule has 2 bridgehead atoms. The number of carbonyl (C=O) groups is 1. The van der Waals surface area contributed by atoms with Gasteiger partial charge in [0.15, 0.2) is 0 Å². The average Bonchev–Trinajstić information content (AvgIpc) is 3.13. The third-order valence-electron chi connectivity index (χ3n) is 4.39. The number of hydrogen-bond donors (Lipinski definition) is 2. The first-order valence-electron chi connectivity index (χ1n) is 6.81. The summed E-state index contributed by atoms with van der Waals surface area (Å²) in [5, 5.41) is 7.60. The fraction of sp³-hybridized carbons (Fsp3) is 0.400. The molecule has 1 aliphatic heterocycles. The van der Waals surface area contributed by atoms with Gasteiger partial charge in [-0.15, -0.1) is 0 Å². The zero-order valence-electron chi connectivity index (χ0n) is 10.6. The Morgan fingerprint density at radius 1 is 1.32 bits per heavy atom. The molecule has 2 aliphatic rings. The van der Waals surface area contributed by atoms with Crippen LogP contribution in [-0.4, -0.2) is 24.5 Å². The summed E-state index contributed by atoms with van der Waals surface area (Å²) in [6.07, 6.45) is 3.91. The minimum Gasteiger partial charge on any atom is -0.464 e. The Bertz CT molecular complexity index is 634. The summed E-state index contributed by atoms with van der Waals surface area (Å²) in [4.78, 5) is 12.3. The van der Waals surface area contributed by atoms with E-state index in [1.807, 2.05) is 24.3 Å². The molecule has 1 aliphatic carbocycles. The van der Waals surface area contributed by atoms with Crippen molar-refractivity contribution < 1.29 is 9.21 Å². The monoisotopic (exact) mass is 256 g/mol. The van der Waals surface area contributed by atoms with Crippen LogP contribution in [0, 0.1) is 5.92 Å². The molecule has 0 unspecified atom stereocenters. The van der Waals surface area contributed by atoms with Crippen molar-refractivity contribution in [3.05, 3.63) is 36.1 Å². The van der Waals surface area contributed by atoms with Gasteiger partial charge in [0, 0.05) is 29.6 Å². The Hall–Kier alpha value is -1.81. The highest BCUT2D eigenvalue weighted by molar-refractivity contribution is 5.97. The topological polar surface area (TPSA) is 54.3 Å². The van der Waals surface area contributed by atoms with Crippen molar-refractivity contribution in [1.29, 1.82) is 0 Å². The second kappa shape index (κ2) is 4.10. The number of nitrogens with one attached hydrogen (secondary N) is 2. The van der Waals surface area contributed by atoms with Crippen molar-refractivity contribution >= 4 is 16.9 Å². The summed E-state index contributed by atoms with van der Waals surface area (Å²) >= 11 is 0. The van der Waals surface area contributed by atoms with E-state index in [0.29, 0.717) is 23.6 Å². The molecule has 19 heavy (non-hydrogen) atoms. The van der Waals surface area contributed by atoms with Crippen molar-refractivity contribution in [1.82, 2.24) is 10.6 Å². The molecule has 0 spiro atoms. The first kappa shape index (κ1) is 11.1. The standard InChI is InChI=1S/C15H16N2O2/c18-15(17-13-7-12-6-11(13)8-16-12)10-1-2-14-9(5-10)3-4-19-14/h1-5,11-13,16H,6-8H2,(H,17,18)/t11-,12+,13-/m1/s1. The number of benzene rings is 1. The zero-order valence-corrected chi connectivity index (χ0v) is 10.6. The van der Waals surface area contributed by atoms with Crippen molar-refractivity contribution in [2.45, 2.75) is 24.9 Å². The molecule has 4 nitrogen and oxygen atoms in total. The van der Waals surface area contributed by atoms with Crippen LogP contribution in [0.4, 0.5) is 0 Å². The minimum absolute atomic E-state index is 0.0284. The molecule has 2 fully saturated rings. The third kappa shape index (κ3) is 1.83. The Kier molecular flexibility index (Phi) is 2.38. The smallest absolute Gasteiger partial charge is 0.251 e. The number of hydrogen-bond acceptors (Lipinski definition) is 3. The van der Waals surface area contributed by atoms with E-state index in [4.69, 9.17) is 4.42 Å². The molecule has 4 rings (SSSR count). The lowest BCUT2D eigenvalue weighted by Gasteiger charge is -2.23. The summed E-state index contributed by atoms with van der Waals surface area (Å²) in [6, 6.07) is 8.39. The molecule has 2 heterocycles. The van der Waals surface area contributed by atoms with E-state index in [2.05, 4.69) is 10.6 Å². The van der Waals surface area contributed by atoms with Gasteiger partial charge in [-0.2, -0.15) is 0 Å². The summed E-state index contributed by atoms with van der Waals surface area (Å²) in [6.45, 7) is 1.04. The molecule has 1 aromatic heterocycles. The van der Waals surface area contributed by atoms with Crippen LogP contribution in [0.15, 0.2) is 34.9 Å². The maximum atomic E-state index is 12.3. The number of amides is 1. The number of piperidine rings is 1. The first-order valence-corrected chi connectivity index (χ1v) is 6.81. The fourth-order valence-corrected chi connectivity index (χ4v) is 3.37. The van der Waals surface area contributed by atoms with Gasteiger partial charge in [0.1, 0.15) is 5.58 Å². The maximum absolute atomic E-state index is 12.3. The number of fused-ring (bicyclic) bond motifs is 3. The van der Waals surface area contributed by atoms with E-state index in [1.54, 1.807) is 6.26 Å². The van der Waals surface area contributed by atoms with E-state index >= 15 is 0 Å². The van der Waals surface area contributed by atoms with Gasteiger partial charge in [0.2, 0.25) is 0 Å². The predicted molar refractivity (Wildman–Crippen MR) is 72.0 cm³/mol. The van der Waals surface area contributed by atoms with Crippen LogP contribution in [0.3, 0.4) is 0 Å². The number of carbonyl (C=O) groups excluding carboxylic acids is 1. The highest BCUT2D eigenvalue weighted by Gasteiger charge is 2.40. The summed E-state index contributed by atoms with van der Waals surface area (Å²) < 4.78 is 5.29. The van der Waals surface area contributed by atoms with Crippen molar-refractivity contribution in [2.24, 2.45) is 5.92 Å². The van der Waals surface area contributed by atoms with E-state index in [1.165, 1.54) is 6.42 Å². The Labute approximate surface area is 111 Å². The van der Waals surface area contributed by atoms with E-state index in [0.717, 1.165) is 23.9 Å². The highest BCUT2D eigenvalue weighted by atomic mass is 16.3. The second-order valence-electron chi connectivity index (χ2n) is 5.59. The molecule has 1 saturated carbocycles. The van der Waals surface area contributed by atoms with Gasteiger partial charge in [-0.1, -0.05) is 0 Å². The van der Waals surface area contributed by atoms with E-state index < -0.39 is 0 Å². The minimum atomic E-state index is 0.0284. The SMILES string of the molecule is O=C(N[C@@H]1C[C@@H]2C[C@@H]1CN2)c1ccc2occc2c1. The van der Waals surface area contributed by atoms with Crippen LogP contribution in [-0.2, 0) is 0 Å². The van der Waals surface area contributed by atoms with Crippen molar-refractivity contribution in [2.75, 3.05) is 6.54 Å². The Balaban J connectivity index is 1.53. The summed E-state index contributed by atoms with van der Waals surface area (Å²) in [5.74, 6) is 0.632. The lowest BCUT2D eigenvalue weighted by atomic mass is 10.0. The van der Waals surface area contributed by atoms with Crippen LogP contribution in [0.5, 0.6) is 0 Å². The van der Waals surface area contributed by atoms with Gasteiger partial charge in [-0.25, -0.2) is 0 Å². The molecule has 2 aromatic rings. The highest BCUT2D eigenvalue weighted by Crippen LogP contribution is 2.31. The van der Waals surface area contributed by atoms with Gasteiger partial charge in [-0.3, -0.25) is 4.79 Å². The lowest BCUT2D eigenvalue weighted by Crippen LogP contribution is -2.44. The van der Waals surface area contributed by atoms with Crippen LogP contribution in [0.2, 0.25) is 0 Å². The Morgan fingerprint density at radius 3 is 3.05 bits per heavy atom. The molecule has 1 amide bonds. The lowest BCUT2D eigenvalue weighted by molar-refractivity contribution is 0.0925. The van der Waals surface area contributed by atoms with Crippen LogP contribution >= 0.6 is 0 Å². The van der Waals surface area contributed by atoms with Gasteiger partial charge < -0.3 is 15.1 Å². The first-order chi connectivity index (χ1) is 9.29. The zero-order chi connectivity index (χ0) is 12.8. The van der Waals surface area contributed by atoms with Crippen molar-refractivity contribution in [3.63, 3.8) is 0 Å². The molecular formula is C15H16N2O2. The van der Waals surface area contributed by atoms with Crippen LogP contribution < -0.4 is 10.6 Å². The molecular weight excluding hydrogens is 240 g/mol. The average molecular weight is 256 g/mol.